The van der Waals surface area contributed by atoms with Crippen molar-refractivity contribution in [2.24, 2.45) is 0 Å². The van der Waals surface area contributed by atoms with E-state index in [1.807, 2.05) is 13.0 Å². The summed E-state index contributed by atoms with van der Waals surface area (Å²) in [6.45, 7) is 2.54. The van der Waals surface area contributed by atoms with Crippen LogP contribution in [0.1, 0.15) is 35.2 Å². The average Bonchev–Trinajstić information content (AvgIpc) is 2.49. The summed E-state index contributed by atoms with van der Waals surface area (Å²) < 4.78 is 0. The molecule has 1 saturated heterocycles. The molecule has 0 bridgehead atoms. The SMILES string of the molecule is CNC(=O)CC1(O)CCCN(C(=O)c2cccc(C)c2Cl)C1. The van der Waals surface area contributed by atoms with E-state index in [1.165, 1.54) is 7.05 Å². The lowest BCUT2D eigenvalue weighted by Crippen LogP contribution is -2.52. The largest absolute Gasteiger partial charge is 0.388 e. The molecule has 6 heteroatoms. The number of piperidine rings is 1. The lowest BCUT2D eigenvalue weighted by atomic mass is 9.89. The quantitative estimate of drug-likeness (QED) is 0.890. The van der Waals surface area contributed by atoms with E-state index in [2.05, 4.69) is 5.32 Å². The van der Waals surface area contributed by atoms with Crippen molar-refractivity contribution in [3.8, 4) is 0 Å². The molecule has 1 atom stereocenters. The second-order valence-corrected chi connectivity index (χ2v) is 6.22. The van der Waals surface area contributed by atoms with Gasteiger partial charge in [0.2, 0.25) is 5.91 Å². The monoisotopic (exact) mass is 324 g/mol. The van der Waals surface area contributed by atoms with Gasteiger partial charge in [0.25, 0.3) is 5.91 Å². The number of benzene rings is 1. The van der Waals surface area contributed by atoms with Crippen LogP contribution in [0.15, 0.2) is 18.2 Å². The van der Waals surface area contributed by atoms with Gasteiger partial charge in [-0.3, -0.25) is 9.59 Å². The number of carbonyl (C=O) groups is 2. The van der Waals surface area contributed by atoms with Crippen LogP contribution in [0.4, 0.5) is 0 Å². The first kappa shape index (κ1) is 16.8. The van der Waals surface area contributed by atoms with Gasteiger partial charge >= 0.3 is 0 Å². The molecule has 0 aliphatic carbocycles. The van der Waals surface area contributed by atoms with Crippen LogP contribution >= 0.6 is 11.6 Å². The maximum Gasteiger partial charge on any atom is 0.255 e. The minimum absolute atomic E-state index is 0.00513. The molecule has 2 N–H and O–H groups in total. The predicted octanol–water partition coefficient (Wildman–Crippen LogP) is 1.75. The molecule has 1 unspecified atom stereocenters. The van der Waals surface area contributed by atoms with E-state index in [4.69, 9.17) is 11.6 Å². The Kier molecular flexibility index (Phi) is 5.08. The van der Waals surface area contributed by atoms with Crippen LogP contribution in [0.25, 0.3) is 0 Å². The van der Waals surface area contributed by atoms with Crippen LogP contribution in [0.5, 0.6) is 0 Å². The molecule has 1 heterocycles. The molecule has 0 radical (unpaired) electrons. The van der Waals surface area contributed by atoms with E-state index in [0.717, 1.165) is 5.56 Å². The first-order valence-electron chi connectivity index (χ1n) is 7.34. The number of carbonyl (C=O) groups excluding carboxylic acids is 2. The highest BCUT2D eigenvalue weighted by Crippen LogP contribution is 2.28. The van der Waals surface area contributed by atoms with Crippen molar-refractivity contribution >= 4 is 23.4 Å². The van der Waals surface area contributed by atoms with Crippen molar-refractivity contribution < 1.29 is 14.7 Å². The Balaban J connectivity index is 2.16. The van der Waals surface area contributed by atoms with E-state index >= 15 is 0 Å². The molecule has 2 rings (SSSR count). The van der Waals surface area contributed by atoms with Gasteiger partial charge in [-0.1, -0.05) is 23.7 Å². The minimum atomic E-state index is -1.18. The molecule has 5 nitrogen and oxygen atoms in total. The zero-order chi connectivity index (χ0) is 16.3. The zero-order valence-electron chi connectivity index (χ0n) is 12.9. The number of aryl methyl sites for hydroxylation is 1. The summed E-state index contributed by atoms with van der Waals surface area (Å²) in [5.41, 5.74) is 0.0978. The number of hydrogen-bond donors (Lipinski definition) is 2. The van der Waals surface area contributed by atoms with E-state index in [0.29, 0.717) is 30.0 Å². The Morgan fingerprint density at radius 3 is 2.86 bits per heavy atom. The second kappa shape index (κ2) is 6.67. The van der Waals surface area contributed by atoms with Gasteiger partial charge in [-0.25, -0.2) is 0 Å². The average molecular weight is 325 g/mol. The van der Waals surface area contributed by atoms with Crippen LogP contribution in [0.3, 0.4) is 0 Å². The standard InChI is InChI=1S/C16H21ClN2O3/c1-11-5-3-6-12(14(11)17)15(21)19-8-4-7-16(22,10-19)9-13(20)18-2/h3,5-6,22H,4,7-10H2,1-2H3,(H,18,20). The molecule has 0 spiro atoms. The number of hydrogen-bond acceptors (Lipinski definition) is 3. The highest BCUT2D eigenvalue weighted by Gasteiger charge is 2.37. The highest BCUT2D eigenvalue weighted by atomic mass is 35.5. The number of amides is 2. The third kappa shape index (κ3) is 3.59. The minimum Gasteiger partial charge on any atom is -0.388 e. The van der Waals surface area contributed by atoms with Gasteiger partial charge < -0.3 is 15.3 Å². The summed E-state index contributed by atoms with van der Waals surface area (Å²) in [7, 11) is 1.53. The molecule has 0 aromatic heterocycles. The number of rotatable bonds is 3. The molecule has 1 aliphatic rings. The van der Waals surface area contributed by atoms with E-state index < -0.39 is 5.60 Å². The van der Waals surface area contributed by atoms with Crippen molar-refractivity contribution in [1.29, 1.82) is 0 Å². The van der Waals surface area contributed by atoms with E-state index in [9.17, 15) is 14.7 Å². The molecule has 1 fully saturated rings. The third-order valence-electron chi connectivity index (χ3n) is 4.03. The van der Waals surface area contributed by atoms with Crippen molar-refractivity contribution in [2.45, 2.75) is 31.8 Å². The molecule has 2 amide bonds. The van der Waals surface area contributed by atoms with E-state index in [1.54, 1.807) is 17.0 Å². The van der Waals surface area contributed by atoms with Gasteiger partial charge in [0.05, 0.1) is 29.2 Å². The zero-order valence-corrected chi connectivity index (χ0v) is 13.6. The number of nitrogens with one attached hydrogen (secondary N) is 1. The van der Waals surface area contributed by atoms with E-state index in [-0.39, 0.29) is 24.8 Å². The van der Waals surface area contributed by atoms with Crippen molar-refractivity contribution in [1.82, 2.24) is 10.2 Å². The Bertz CT molecular complexity index is 591. The lowest BCUT2D eigenvalue weighted by Gasteiger charge is -2.39. The van der Waals surface area contributed by atoms with Crippen LogP contribution in [-0.4, -0.2) is 47.6 Å². The van der Waals surface area contributed by atoms with Gasteiger partial charge in [0, 0.05) is 13.6 Å². The van der Waals surface area contributed by atoms with Crippen molar-refractivity contribution in [3.63, 3.8) is 0 Å². The normalized spacial score (nSPS) is 21.5. The van der Waals surface area contributed by atoms with Crippen molar-refractivity contribution in [2.75, 3.05) is 20.1 Å². The Morgan fingerprint density at radius 1 is 1.45 bits per heavy atom. The third-order valence-corrected chi connectivity index (χ3v) is 4.53. The van der Waals surface area contributed by atoms with Crippen LogP contribution in [0, 0.1) is 6.92 Å². The predicted molar refractivity (Wildman–Crippen MR) is 85.0 cm³/mol. The molecule has 120 valence electrons. The summed E-state index contributed by atoms with van der Waals surface area (Å²) in [5, 5.41) is 13.5. The maximum absolute atomic E-state index is 12.6. The smallest absolute Gasteiger partial charge is 0.255 e. The highest BCUT2D eigenvalue weighted by molar-refractivity contribution is 6.34. The Labute approximate surface area is 135 Å². The second-order valence-electron chi connectivity index (χ2n) is 5.84. The summed E-state index contributed by atoms with van der Waals surface area (Å²) in [5.74, 6) is -0.436. The summed E-state index contributed by atoms with van der Waals surface area (Å²) in [6.07, 6.45) is 1.16. The molecule has 22 heavy (non-hydrogen) atoms. The number of halogens is 1. The van der Waals surface area contributed by atoms with Crippen LogP contribution < -0.4 is 5.32 Å². The number of aliphatic hydroxyl groups is 1. The molecular formula is C16H21ClN2O3. The number of β-amino-alcohol motifs (C(OH)–C–C–N with tert-alkyl or cyclic N) is 1. The van der Waals surface area contributed by atoms with Gasteiger partial charge in [-0.2, -0.15) is 0 Å². The first-order valence-corrected chi connectivity index (χ1v) is 7.71. The Morgan fingerprint density at radius 2 is 2.18 bits per heavy atom. The van der Waals surface area contributed by atoms with Crippen LogP contribution in [0.2, 0.25) is 5.02 Å². The molecule has 1 aromatic carbocycles. The lowest BCUT2D eigenvalue weighted by molar-refractivity contribution is -0.127. The number of likely N-dealkylation sites (tertiary alicyclic amines) is 1. The topological polar surface area (TPSA) is 69.6 Å². The van der Waals surface area contributed by atoms with Gasteiger partial charge in [0.1, 0.15) is 0 Å². The van der Waals surface area contributed by atoms with Crippen molar-refractivity contribution in [3.05, 3.63) is 34.3 Å². The molecule has 1 aromatic rings. The van der Waals surface area contributed by atoms with Crippen LogP contribution in [-0.2, 0) is 4.79 Å². The molecule has 1 aliphatic heterocycles. The van der Waals surface area contributed by atoms with Gasteiger partial charge in [-0.05, 0) is 31.4 Å². The van der Waals surface area contributed by atoms with Gasteiger partial charge in [0.15, 0.2) is 0 Å². The summed E-state index contributed by atoms with van der Waals surface area (Å²) >= 11 is 6.21. The first-order chi connectivity index (χ1) is 10.4. The maximum atomic E-state index is 12.6. The summed E-state index contributed by atoms with van der Waals surface area (Å²) in [6, 6.07) is 5.32. The molecule has 0 saturated carbocycles. The number of nitrogens with zero attached hydrogens (tertiary/aromatic N) is 1. The fourth-order valence-corrected chi connectivity index (χ4v) is 3.01. The van der Waals surface area contributed by atoms with Gasteiger partial charge in [-0.15, -0.1) is 0 Å². The molecular weight excluding hydrogens is 304 g/mol. The fourth-order valence-electron chi connectivity index (χ4n) is 2.80. The Hall–Kier alpha value is -1.59. The summed E-state index contributed by atoms with van der Waals surface area (Å²) in [4.78, 5) is 25.8. The fraction of sp³-hybridized carbons (Fsp3) is 0.500.